The molecule has 1 aromatic rings. The van der Waals surface area contributed by atoms with Crippen molar-refractivity contribution in [2.24, 2.45) is 5.84 Å². The molecule has 0 amide bonds. The molecule has 9 heteroatoms. The molecule has 5 N–H and O–H groups in total. The molecule has 0 fully saturated rings. The summed E-state index contributed by atoms with van der Waals surface area (Å²) in [4.78, 5) is 7.00. The lowest BCUT2D eigenvalue weighted by Crippen LogP contribution is -2.23. The summed E-state index contributed by atoms with van der Waals surface area (Å²) in [6, 6.07) is 0.543. The first-order chi connectivity index (χ1) is 8.72. The largest absolute Gasteiger partial charge is 0.433 e. The standard InChI is InChI=1S/C10H16F3N5O/c1-5(3-6(2)19)15-8-4-7(10(11,12)13)16-9(17-8)18-14/h4-6,19H,3,14H2,1-2H3,(H2,15,16,17,18). The second-order valence-electron chi connectivity index (χ2n) is 4.23. The number of anilines is 2. The zero-order chi connectivity index (χ0) is 14.6. The SMILES string of the molecule is CC(O)CC(C)Nc1cc(C(F)(F)F)nc(NN)n1. The summed E-state index contributed by atoms with van der Waals surface area (Å²) >= 11 is 0. The van der Waals surface area contributed by atoms with E-state index in [-0.39, 0.29) is 17.8 Å². The minimum atomic E-state index is -4.58. The van der Waals surface area contributed by atoms with Crippen LogP contribution in [0, 0.1) is 0 Å². The molecular formula is C10H16F3N5O. The quantitative estimate of drug-likeness (QED) is 0.480. The van der Waals surface area contributed by atoms with Crippen molar-refractivity contribution in [1.82, 2.24) is 9.97 Å². The van der Waals surface area contributed by atoms with Crippen LogP contribution in [-0.2, 0) is 6.18 Å². The van der Waals surface area contributed by atoms with Gasteiger partial charge in [-0.2, -0.15) is 18.2 Å². The number of nitrogen functional groups attached to an aromatic ring is 1. The van der Waals surface area contributed by atoms with Gasteiger partial charge in [0.2, 0.25) is 5.95 Å². The molecule has 0 saturated carbocycles. The van der Waals surface area contributed by atoms with Crippen molar-refractivity contribution in [2.45, 2.75) is 38.6 Å². The third-order valence-electron chi connectivity index (χ3n) is 2.23. The van der Waals surface area contributed by atoms with Crippen LogP contribution < -0.4 is 16.6 Å². The molecule has 0 radical (unpaired) electrons. The van der Waals surface area contributed by atoms with E-state index >= 15 is 0 Å². The van der Waals surface area contributed by atoms with Crippen molar-refractivity contribution in [3.63, 3.8) is 0 Å². The number of hydrazine groups is 1. The Bertz CT molecular complexity index is 424. The highest BCUT2D eigenvalue weighted by Crippen LogP contribution is 2.29. The summed E-state index contributed by atoms with van der Waals surface area (Å²) in [5.41, 5.74) is 0.887. The Kier molecular flexibility index (Phi) is 4.90. The van der Waals surface area contributed by atoms with Gasteiger partial charge >= 0.3 is 6.18 Å². The van der Waals surface area contributed by atoms with E-state index in [4.69, 9.17) is 5.84 Å². The maximum absolute atomic E-state index is 12.6. The molecule has 1 heterocycles. The van der Waals surface area contributed by atoms with Crippen molar-refractivity contribution in [3.05, 3.63) is 11.8 Å². The van der Waals surface area contributed by atoms with Crippen LogP contribution in [0.25, 0.3) is 0 Å². The third-order valence-corrected chi connectivity index (χ3v) is 2.23. The van der Waals surface area contributed by atoms with Gasteiger partial charge in [-0.3, -0.25) is 5.43 Å². The number of aliphatic hydroxyl groups is 1. The highest BCUT2D eigenvalue weighted by molar-refractivity contribution is 5.43. The van der Waals surface area contributed by atoms with E-state index < -0.39 is 18.0 Å². The predicted molar refractivity (Wildman–Crippen MR) is 64.2 cm³/mol. The van der Waals surface area contributed by atoms with Crippen LogP contribution in [0.4, 0.5) is 24.9 Å². The number of aliphatic hydroxyl groups excluding tert-OH is 1. The lowest BCUT2D eigenvalue weighted by Gasteiger charge is -2.17. The molecule has 108 valence electrons. The molecule has 0 aliphatic carbocycles. The summed E-state index contributed by atoms with van der Waals surface area (Å²) in [5, 5.41) is 12.0. The fourth-order valence-electron chi connectivity index (χ4n) is 1.55. The normalized spacial score (nSPS) is 14.9. The first kappa shape index (κ1) is 15.4. The average Bonchev–Trinajstić information content (AvgIpc) is 2.25. The molecule has 0 saturated heterocycles. The molecule has 1 rings (SSSR count). The number of nitrogens with two attached hydrogens (primary N) is 1. The molecule has 19 heavy (non-hydrogen) atoms. The predicted octanol–water partition coefficient (Wildman–Crippen LogP) is 1.35. The first-order valence-electron chi connectivity index (χ1n) is 5.60. The highest BCUT2D eigenvalue weighted by Gasteiger charge is 2.33. The van der Waals surface area contributed by atoms with Crippen LogP contribution >= 0.6 is 0 Å². The molecule has 6 nitrogen and oxygen atoms in total. The number of rotatable bonds is 5. The van der Waals surface area contributed by atoms with E-state index in [1.165, 1.54) is 0 Å². The molecule has 0 aromatic carbocycles. The molecule has 2 atom stereocenters. The maximum atomic E-state index is 12.6. The van der Waals surface area contributed by atoms with E-state index in [9.17, 15) is 18.3 Å². The van der Waals surface area contributed by atoms with Crippen molar-refractivity contribution in [3.8, 4) is 0 Å². The van der Waals surface area contributed by atoms with Crippen LogP contribution in [-0.4, -0.2) is 27.2 Å². The number of hydrogen-bond donors (Lipinski definition) is 4. The Balaban J connectivity index is 2.94. The molecule has 2 unspecified atom stereocenters. The Morgan fingerprint density at radius 2 is 2.00 bits per heavy atom. The van der Waals surface area contributed by atoms with Crippen LogP contribution in [0.2, 0.25) is 0 Å². The smallest absolute Gasteiger partial charge is 0.393 e. The average molecular weight is 279 g/mol. The zero-order valence-electron chi connectivity index (χ0n) is 10.5. The van der Waals surface area contributed by atoms with Gasteiger partial charge in [0.1, 0.15) is 5.82 Å². The van der Waals surface area contributed by atoms with Crippen molar-refractivity contribution >= 4 is 11.8 Å². The van der Waals surface area contributed by atoms with Crippen LogP contribution in [0.1, 0.15) is 26.0 Å². The van der Waals surface area contributed by atoms with E-state index in [2.05, 4.69) is 15.3 Å². The summed E-state index contributed by atoms with van der Waals surface area (Å²) < 4.78 is 37.8. The van der Waals surface area contributed by atoms with Gasteiger partial charge in [-0.05, 0) is 20.3 Å². The fraction of sp³-hybridized carbons (Fsp3) is 0.600. The molecule has 0 bridgehead atoms. The van der Waals surface area contributed by atoms with Crippen LogP contribution in [0.15, 0.2) is 6.07 Å². The lowest BCUT2D eigenvalue weighted by atomic mass is 10.1. The third kappa shape index (κ3) is 4.87. The number of halogens is 3. The van der Waals surface area contributed by atoms with Gasteiger partial charge in [0.25, 0.3) is 0 Å². The zero-order valence-corrected chi connectivity index (χ0v) is 10.5. The van der Waals surface area contributed by atoms with E-state index in [0.29, 0.717) is 6.42 Å². The second kappa shape index (κ2) is 6.02. The maximum Gasteiger partial charge on any atom is 0.433 e. The van der Waals surface area contributed by atoms with Gasteiger partial charge < -0.3 is 10.4 Å². The number of hydrogen-bond acceptors (Lipinski definition) is 6. The summed E-state index contributed by atoms with van der Waals surface area (Å²) in [6.45, 7) is 3.31. The van der Waals surface area contributed by atoms with E-state index in [0.717, 1.165) is 6.07 Å². The molecule has 0 aliphatic heterocycles. The molecule has 0 spiro atoms. The van der Waals surface area contributed by atoms with Crippen LogP contribution in [0.3, 0.4) is 0 Å². The van der Waals surface area contributed by atoms with E-state index in [1.54, 1.807) is 13.8 Å². The monoisotopic (exact) mass is 279 g/mol. The highest BCUT2D eigenvalue weighted by atomic mass is 19.4. The Hall–Kier alpha value is -1.61. The molecule has 0 aliphatic rings. The summed E-state index contributed by atoms with van der Waals surface area (Å²) in [7, 11) is 0. The Labute approximate surface area is 108 Å². The van der Waals surface area contributed by atoms with Crippen LogP contribution in [0.5, 0.6) is 0 Å². The topological polar surface area (TPSA) is 96.1 Å². The number of aromatic nitrogens is 2. The molecular weight excluding hydrogens is 263 g/mol. The Morgan fingerprint density at radius 1 is 1.37 bits per heavy atom. The van der Waals surface area contributed by atoms with Gasteiger partial charge in [0.15, 0.2) is 5.69 Å². The van der Waals surface area contributed by atoms with Crippen molar-refractivity contribution < 1.29 is 18.3 Å². The first-order valence-corrected chi connectivity index (χ1v) is 5.60. The van der Waals surface area contributed by atoms with Crippen molar-refractivity contribution in [2.75, 3.05) is 10.7 Å². The van der Waals surface area contributed by atoms with Gasteiger partial charge in [0, 0.05) is 12.1 Å². The Morgan fingerprint density at radius 3 is 2.47 bits per heavy atom. The number of nitrogens with zero attached hydrogens (tertiary/aromatic N) is 2. The minimum Gasteiger partial charge on any atom is -0.393 e. The minimum absolute atomic E-state index is 0.0107. The van der Waals surface area contributed by atoms with Gasteiger partial charge in [0.05, 0.1) is 6.10 Å². The summed E-state index contributed by atoms with van der Waals surface area (Å²) in [6.07, 6.45) is -4.78. The fourth-order valence-corrected chi connectivity index (χ4v) is 1.55. The number of nitrogens with one attached hydrogen (secondary N) is 2. The van der Waals surface area contributed by atoms with Crippen molar-refractivity contribution in [1.29, 1.82) is 0 Å². The number of alkyl halides is 3. The van der Waals surface area contributed by atoms with Gasteiger partial charge in [-0.25, -0.2) is 10.8 Å². The summed E-state index contributed by atoms with van der Waals surface area (Å²) in [5.74, 6) is 4.69. The lowest BCUT2D eigenvalue weighted by molar-refractivity contribution is -0.141. The molecule has 1 aromatic heterocycles. The second-order valence-corrected chi connectivity index (χ2v) is 4.23. The van der Waals surface area contributed by atoms with Gasteiger partial charge in [-0.15, -0.1) is 0 Å². The van der Waals surface area contributed by atoms with Gasteiger partial charge in [-0.1, -0.05) is 0 Å². The van der Waals surface area contributed by atoms with E-state index in [1.807, 2.05) is 5.43 Å².